The van der Waals surface area contributed by atoms with Gasteiger partial charge in [0.25, 0.3) is 0 Å². The van der Waals surface area contributed by atoms with E-state index in [1.807, 2.05) is 0 Å². The topological polar surface area (TPSA) is 86.7 Å². The quantitative estimate of drug-likeness (QED) is 0.325. The maximum atomic E-state index is 9.08. The van der Waals surface area contributed by atoms with E-state index in [0.717, 1.165) is 0 Å². The minimum absolute atomic E-state index is 0.390. The van der Waals surface area contributed by atoms with Gasteiger partial charge in [0.05, 0.1) is 12.2 Å². The molecule has 0 aliphatic heterocycles. The fourth-order valence-corrected chi connectivity index (χ4v) is 1.19. The number of aliphatic hydroxyl groups excluding tert-OH is 3. The van der Waals surface area contributed by atoms with Gasteiger partial charge < -0.3 is 21.1 Å². The molecule has 5 N–H and O–H groups in total. The van der Waals surface area contributed by atoms with Crippen molar-refractivity contribution in [2.45, 2.75) is 37.2 Å². The highest BCUT2D eigenvalue weighted by Gasteiger charge is 2.34. The summed E-state index contributed by atoms with van der Waals surface area (Å²) in [6.45, 7) is 0. The second-order valence-electron chi connectivity index (χ2n) is 2.79. The molecule has 60 valence electrons. The molecule has 0 amide bonds. The summed E-state index contributed by atoms with van der Waals surface area (Å²) in [5.74, 6) is 0. The van der Waals surface area contributed by atoms with E-state index in [2.05, 4.69) is 0 Å². The van der Waals surface area contributed by atoms with Crippen molar-refractivity contribution in [3.8, 4) is 0 Å². The number of aliphatic hydroxyl groups is 3. The number of nitrogens with two attached hydrogens (primary N) is 1. The molecule has 0 unspecified atom stereocenters. The van der Waals surface area contributed by atoms with Crippen molar-refractivity contribution < 1.29 is 15.3 Å². The van der Waals surface area contributed by atoms with E-state index in [-0.39, 0.29) is 0 Å². The Morgan fingerprint density at radius 2 is 1.60 bits per heavy atom. The zero-order valence-electron chi connectivity index (χ0n) is 5.64. The first-order valence-electron chi connectivity index (χ1n) is 3.42. The molecular weight excluding hydrogens is 134 g/mol. The van der Waals surface area contributed by atoms with Gasteiger partial charge in [-0.2, -0.15) is 0 Å². The van der Waals surface area contributed by atoms with Crippen LogP contribution in [0.15, 0.2) is 0 Å². The van der Waals surface area contributed by atoms with Crippen LogP contribution in [0.4, 0.5) is 0 Å². The normalized spacial score (nSPS) is 49.2. The summed E-state index contributed by atoms with van der Waals surface area (Å²) in [5.41, 5.74) is 5.41. The van der Waals surface area contributed by atoms with E-state index in [1.54, 1.807) is 0 Å². The Labute approximate surface area is 59.3 Å². The van der Waals surface area contributed by atoms with E-state index in [9.17, 15) is 0 Å². The standard InChI is InChI=1S/C6H13NO3/c7-3-1-2-4(8)6(10)5(3)9/h3-6,8-10H,1-2,7H2/t3-,4+,5+,6-/m1/s1. The molecule has 1 aliphatic rings. The van der Waals surface area contributed by atoms with Gasteiger partial charge in [-0.15, -0.1) is 0 Å². The molecule has 0 aromatic heterocycles. The molecule has 0 aromatic carbocycles. The maximum absolute atomic E-state index is 9.08. The van der Waals surface area contributed by atoms with Crippen molar-refractivity contribution in [1.82, 2.24) is 0 Å². The maximum Gasteiger partial charge on any atom is 0.107 e. The zero-order valence-corrected chi connectivity index (χ0v) is 5.64. The third-order valence-corrected chi connectivity index (χ3v) is 1.98. The second-order valence-corrected chi connectivity index (χ2v) is 2.79. The van der Waals surface area contributed by atoms with E-state index in [0.29, 0.717) is 12.8 Å². The summed E-state index contributed by atoms with van der Waals surface area (Å²) in [7, 11) is 0. The molecule has 10 heavy (non-hydrogen) atoms. The molecule has 1 aliphatic carbocycles. The Kier molecular flexibility index (Phi) is 2.25. The van der Waals surface area contributed by atoms with Gasteiger partial charge >= 0.3 is 0 Å². The molecular formula is C6H13NO3. The minimum Gasteiger partial charge on any atom is -0.390 e. The molecule has 1 saturated carbocycles. The predicted octanol–water partition coefficient (Wildman–Crippen LogP) is -1.81. The van der Waals surface area contributed by atoms with Gasteiger partial charge in [0.2, 0.25) is 0 Å². The Morgan fingerprint density at radius 1 is 1.00 bits per heavy atom. The van der Waals surface area contributed by atoms with Crippen LogP contribution in [0.3, 0.4) is 0 Å². The van der Waals surface area contributed by atoms with Crippen molar-refractivity contribution in [2.75, 3.05) is 0 Å². The lowest BCUT2D eigenvalue weighted by atomic mass is 9.88. The number of rotatable bonds is 0. The number of hydrogen-bond donors (Lipinski definition) is 4. The van der Waals surface area contributed by atoms with Crippen LogP contribution >= 0.6 is 0 Å². The minimum atomic E-state index is -1.07. The van der Waals surface area contributed by atoms with Crippen molar-refractivity contribution >= 4 is 0 Å². The summed E-state index contributed by atoms with van der Waals surface area (Å²) in [4.78, 5) is 0. The molecule has 0 aromatic rings. The Balaban J connectivity index is 2.52. The van der Waals surface area contributed by atoms with Crippen LogP contribution in [0.5, 0.6) is 0 Å². The smallest absolute Gasteiger partial charge is 0.107 e. The first kappa shape index (κ1) is 7.94. The van der Waals surface area contributed by atoms with Crippen LogP contribution < -0.4 is 5.73 Å². The van der Waals surface area contributed by atoms with Gasteiger partial charge in [-0.25, -0.2) is 0 Å². The van der Waals surface area contributed by atoms with Crippen LogP contribution in [0.2, 0.25) is 0 Å². The third kappa shape index (κ3) is 1.29. The molecule has 1 fully saturated rings. The second kappa shape index (κ2) is 2.84. The zero-order chi connectivity index (χ0) is 7.72. The fourth-order valence-electron chi connectivity index (χ4n) is 1.19. The molecule has 4 heteroatoms. The van der Waals surface area contributed by atoms with Gasteiger partial charge in [-0.1, -0.05) is 0 Å². The lowest BCUT2D eigenvalue weighted by Crippen LogP contribution is -2.52. The SMILES string of the molecule is N[C@@H]1CC[C@H](O)[C@@H](O)[C@H]1O. The van der Waals surface area contributed by atoms with Gasteiger partial charge in [-0.3, -0.25) is 0 Å². The summed E-state index contributed by atoms with van der Waals surface area (Å²) in [6, 6.07) is -0.390. The van der Waals surface area contributed by atoms with Crippen molar-refractivity contribution in [2.24, 2.45) is 5.73 Å². The average Bonchev–Trinajstić information content (AvgIpc) is 1.93. The molecule has 0 bridgehead atoms. The molecule has 4 nitrogen and oxygen atoms in total. The summed E-state index contributed by atoms with van der Waals surface area (Å²) >= 11 is 0. The van der Waals surface area contributed by atoms with Crippen LogP contribution in [-0.2, 0) is 0 Å². The van der Waals surface area contributed by atoms with Crippen LogP contribution in [-0.4, -0.2) is 39.7 Å². The highest BCUT2D eigenvalue weighted by Crippen LogP contribution is 2.17. The van der Waals surface area contributed by atoms with Gasteiger partial charge in [0, 0.05) is 6.04 Å². The van der Waals surface area contributed by atoms with E-state index < -0.39 is 24.4 Å². The average molecular weight is 147 g/mol. The number of hydrogen-bond acceptors (Lipinski definition) is 4. The molecule has 0 heterocycles. The van der Waals surface area contributed by atoms with Gasteiger partial charge in [0.1, 0.15) is 6.10 Å². The van der Waals surface area contributed by atoms with Crippen molar-refractivity contribution in [3.05, 3.63) is 0 Å². The molecule has 4 atom stereocenters. The van der Waals surface area contributed by atoms with Crippen LogP contribution in [0, 0.1) is 0 Å². The Hall–Kier alpha value is -0.160. The van der Waals surface area contributed by atoms with Crippen molar-refractivity contribution in [1.29, 1.82) is 0 Å². The van der Waals surface area contributed by atoms with Crippen LogP contribution in [0.25, 0.3) is 0 Å². The van der Waals surface area contributed by atoms with E-state index in [4.69, 9.17) is 21.1 Å². The summed E-state index contributed by atoms with van der Waals surface area (Å²) < 4.78 is 0. The Morgan fingerprint density at radius 3 is 2.10 bits per heavy atom. The molecule has 0 spiro atoms. The first-order chi connectivity index (χ1) is 4.63. The van der Waals surface area contributed by atoms with E-state index >= 15 is 0 Å². The van der Waals surface area contributed by atoms with Gasteiger partial charge in [0.15, 0.2) is 0 Å². The molecule has 0 saturated heterocycles. The van der Waals surface area contributed by atoms with Crippen molar-refractivity contribution in [3.63, 3.8) is 0 Å². The highest BCUT2D eigenvalue weighted by atomic mass is 16.4. The van der Waals surface area contributed by atoms with E-state index in [1.165, 1.54) is 0 Å². The van der Waals surface area contributed by atoms with Gasteiger partial charge in [-0.05, 0) is 12.8 Å². The predicted molar refractivity (Wildman–Crippen MR) is 35.2 cm³/mol. The largest absolute Gasteiger partial charge is 0.390 e. The lowest BCUT2D eigenvalue weighted by molar-refractivity contribution is -0.0924. The third-order valence-electron chi connectivity index (χ3n) is 1.98. The summed E-state index contributed by atoms with van der Waals surface area (Å²) in [5, 5.41) is 27.1. The van der Waals surface area contributed by atoms with Crippen LogP contribution in [0.1, 0.15) is 12.8 Å². The monoisotopic (exact) mass is 147 g/mol. The Bertz CT molecular complexity index is 106. The lowest BCUT2D eigenvalue weighted by Gasteiger charge is -2.32. The molecule has 1 rings (SSSR count). The fraction of sp³-hybridized carbons (Fsp3) is 1.00. The molecule has 0 radical (unpaired) electrons. The first-order valence-corrected chi connectivity index (χ1v) is 3.42. The highest BCUT2D eigenvalue weighted by molar-refractivity contribution is 4.89. The summed E-state index contributed by atoms with van der Waals surface area (Å²) in [6.07, 6.45) is -1.80.